The third-order valence-corrected chi connectivity index (χ3v) is 4.37. The van der Waals surface area contributed by atoms with Gasteiger partial charge in [0.15, 0.2) is 0 Å². The maximum Gasteiger partial charge on any atom is 0.225 e. The molecule has 0 spiro atoms. The van der Waals surface area contributed by atoms with Gasteiger partial charge in [0.05, 0.1) is 6.61 Å². The predicted molar refractivity (Wildman–Crippen MR) is 69.7 cm³/mol. The zero-order chi connectivity index (χ0) is 12.9. The normalized spacial score (nSPS) is 20.0. The molecule has 0 aromatic heterocycles. The average molecular weight is 241 g/mol. The van der Waals surface area contributed by atoms with Crippen LogP contribution in [0.3, 0.4) is 0 Å². The Morgan fingerprint density at radius 1 is 1.29 bits per heavy atom. The largest absolute Gasteiger partial charge is 0.396 e. The molecule has 2 N–H and O–H groups in total. The highest BCUT2D eigenvalue weighted by Crippen LogP contribution is 2.35. The molecule has 0 saturated heterocycles. The van der Waals surface area contributed by atoms with Crippen LogP contribution in [0.1, 0.15) is 59.3 Å². The summed E-state index contributed by atoms with van der Waals surface area (Å²) in [6.45, 7) is 6.79. The molecule has 1 fully saturated rings. The van der Waals surface area contributed by atoms with Gasteiger partial charge in [-0.3, -0.25) is 4.79 Å². The minimum Gasteiger partial charge on any atom is -0.396 e. The molecule has 0 bridgehead atoms. The molecule has 17 heavy (non-hydrogen) atoms. The molecule has 1 saturated carbocycles. The summed E-state index contributed by atoms with van der Waals surface area (Å²) < 4.78 is 0. The van der Waals surface area contributed by atoms with Crippen LogP contribution < -0.4 is 5.32 Å². The Morgan fingerprint density at radius 2 is 1.88 bits per heavy atom. The van der Waals surface area contributed by atoms with Crippen molar-refractivity contribution in [2.75, 3.05) is 13.2 Å². The number of hydrogen-bond donors (Lipinski definition) is 2. The Balaban J connectivity index is 2.50. The maximum atomic E-state index is 12.0. The second-order valence-electron chi connectivity index (χ2n) is 6.14. The van der Waals surface area contributed by atoms with Crippen LogP contribution in [0.4, 0.5) is 0 Å². The Morgan fingerprint density at radius 3 is 2.35 bits per heavy atom. The summed E-state index contributed by atoms with van der Waals surface area (Å²) in [6, 6.07) is 0. The highest BCUT2D eigenvalue weighted by Gasteiger charge is 2.33. The van der Waals surface area contributed by atoms with Crippen LogP contribution in [0.25, 0.3) is 0 Å². The fourth-order valence-corrected chi connectivity index (χ4v) is 2.36. The minimum atomic E-state index is -0.300. The first-order chi connectivity index (χ1) is 7.96. The molecular formula is C14H27NO2. The molecular weight excluding hydrogens is 214 g/mol. The standard InChI is InChI=1S/C14H27NO2/c1-4-13(2,3)12(17)15-10-14(11-16)8-6-5-7-9-14/h16H,4-11H2,1-3H3,(H,15,17). The van der Waals surface area contributed by atoms with Gasteiger partial charge >= 0.3 is 0 Å². The molecule has 1 rings (SSSR count). The average Bonchev–Trinajstić information content (AvgIpc) is 2.37. The van der Waals surface area contributed by atoms with Gasteiger partial charge < -0.3 is 10.4 Å². The van der Waals surface area contributed by atoms with Crippen molar-refractivity contribution in [3.63, 3.8) is 0 Å². The third kappa shape index (κ3) is 3.70. The van der Waals surface area contributed by atoms with Crippen LogP contribution >= 0.6 is 0 Å². The number of carbonyl (C=O) groups excluding carboxylic acids is 1. The van der Waals surface area contributed by atoms with Crippen molar-refractivity contribution in [3.05, 3.63) is 0 Å². The fraction of sp³-hybridized carbons (Fsp3) is 0.929. The van der Waals surface area contributed by atoms with Gasteiger partial charge in [0.1, 0.15) is 0 Å². The van der Waals surface area contributed by atoms with Gasteiger partial charge in [-0.1, -0.05) is 40.0 Å². The molecule has 0 unspecified atom stereocenters. The number of carbonyl (C=O) groups is 1. The number of aliphatic hydroxyl groups is 1. The van der Waals surface area contributed by atoms with Crippen molar-refractivity contribution in [2.45, 2.75) is 59.3 Å². The lowest BCUT2D eigenvalue weighted by Crippen LogP contribution is -2.45. The summed E-state index contributed by atoms with van der Waals surface area (Å²) in [5, 5.41) is 12.6. The fourth-order valence-electron chi connectivity index (χ4n) is 2.36. The van der Waals surface area contributed by atoms with E-state index in [1.807, 2.05) is 20.8 Å². The molecule has 3 nitrogen and oxygen atoms in total. The molecule has 0 aliphatic heterocycles. The summed E-state index contributed by atoms with van der Waals surface area (Å²) in [5.74, 6) is 0.110. The Hall–Kier alpha value is -0.570. The first-order valence-electron chi connectivity index (χ1n) is 6.85. The van der Waals surface area contributed by atoms with Gasteiger partial charge in [0, 0.05) is 17.4 Å². The van der Waals surface area contributed by atoms with E-state index in [2.05, 4.69) is 5.32 Å². The van der Waals surface area contributed by atoms with Crippen LogP contribution in [-0.4, -0.2) is 24.2 Å². The topological polar surface area (TPSA) is 49.3 Å². The molecule has 0 aromatic carbocycles. The van der Waals surface area contributed by atoms with Crippen molar-refractivity contribution in [1.29, 1.82) is 0 Å². The predicted octanol–water partition coefficient (Wildman–Crippen LogP) is 2.48. The van der Waals surface area contributed by atoms with Crippen molar-refractivity contribution in [3.8, 4) is 0 Å². The van der Waals surface area contributed by atoms with Gasteiger partial charge in [-0.15, -0.1) is 0 Å². The maximum absolute atomic E-state index is 12.0. The van der Waals surface area contributed by atoms with E-state index < -0.39 is 0 Å². The number of hydrogen-bond acceptors (Lipinski definition) is 2. The van der Waals surface area contributed by atoms with E-state index in [9.17, 15) is 9.90 Å². The van der Waals surface area contributed by atoms with Gasteiger partial charge in [0.25, 0.3) is 0 Å². The quantitative estimate of drug-likeness (QED) is 0.777. The van der Waals surface area contributed by atoms with Crippen LogP contribution in [0.15, 0.2) is 0 Å². The van der Waals surface area contributed by atoms with E-state index in [4.69, 9.17) is 0 Å². The summed E-state index contributed by atoms with van der Waals surface area (Å²) in [5.41, 5.74) is -0.358. The van der Waals surface area contributed by atoms with Crippen LogP contribution in [0.5, 0.6) is 0 Å². The Labute approximate surface area is 105 Å². The number of amides is 1. The van der Waals surface area contributed by atoms with E-state index in [0.29, 0.717) is 6.54 Å². The first kappa shape index (κ1) is 14.5. The second kappa shape index (κ2) is 5.85. The lowest BCUT2D eigenvalue weighted by molar-refractivity contribution is -0.130. The van der Waals surface area contributed by atoms with Crippen LogP contribution in [0, 0.1) is 10.8 Å². The first-order valence-corrected chi connectivity index (χ1v) is 6.85. The SMILES string of the molecule is CCC(C)(C)C(=O)NCC1(CO)CCCCC1. The third-order valence-electron chi connectivity index (χ3n) is 4.37. The Kier molecular flexibility index (Phi) is 4.99. The van der Waals surface area contributed by atoms with E-state index >= 15 is 0 Å². The van der Waals surface area contributed by atoms with Gasteiger partial charge in [-0.05, 0) is 19.3 Å². The molecule has 1 aliphatic carbocycles. The molecule has 100 valence electrons. The van der Waals surface area contributed by atoms with E-state index in [-0.39, 0.29) is 23.3 Å². The van der Waals surface area contributed by atoms with Gasteiger partial charge in [-0.2, -0.15) is 0 Å². The highest BCUT2D eigenvalue weighted by molar-refractivity contribution is 5.81. The molecule has 0 radical (unpaired) electrons. The number of nitrogens with one attached hydrogen (secondary N) is 1. The second-order valence-corrected chi connectivity index (χ2v) is 6.14. The van der Waals surface area contributed by atoms with Gasteiger partial charge in [-0.25, -0.2) is 0 Å². The molecule has 0 atom stereocenters. The Bertz CT molecular complexity index is 255. The van der Waals surface area contributed by atoms with Crippen molar-refractivity contribution in [1.82, 2.24) is 5.32 Å². The molecule has 1 aliphatic rings. The van der Waals surface area contributed by atoms with Crippen molar-refractivity contribution < 1.29 is 9.90 Å². The molecule has 0 aromatic rings. The van der Waals surface area contributed by atoms with Gasteiger partial charge in [0.2, 0.25) is 5.91 Å². The monoisotopic (exact) mass is 241 g/mol. The number of rotatable bonds is 5. The number of aliphatic hydroxyl groups excluding tert-OH is 1. The summed E-state index contributed by atoms with van der Waals surface area (Å²) >= 11 is 0. The van der Waals surface area contributed by atoms with E-state index in [1.165, 1.54) is 19.3 Å². The summed E-state index contributed by atoms with van der Waals surface area (Å²) in [6.07, 6.45) is 6.52. The highest BCUT2D eigenvalue weighted by atomic mass is 16.3. The lowest BCUT2D eigenvalue weighted by atomic mass is 9.74. The van der Waals surface area contributed by atoms with Crippen molar-refractivity contribution in [2.24, 2.45) is 10.8 Å². The molecule has 0 heterocycles. The van der Waals surface area contributed by atoms with E-state index in [0.717, 1.165) is 19.3 Å². The zero-order valence-corrected chi connectivity index (χ0v) is 11.5. The summed E-state index contributed by atoms with van der Waals surface area (Å²) in [4.78, 5) is 12.0. The zero-order valence-electron chi connectivity index (χ0n) is 11.5. The van der Waals surface area contributed by atoms with Crippen molar-refractivity contribution >= 4 is 5.91 Å². The lowest BCUT2D eigenvalue weighted by Gasteiger charge is -2.36. The smallest absolute Gasteiger partial charge is 0.225 e. The molecule has 1 amide bonds. The van der Waals surface area contributed by atoms with E-state index in [1.54, 1.807) is 0 Å². The summed E-state index contributed by atoms with van der Waals surface area (Å²) in [7, 11) is 0. The molecule has 3 heteroatoms. The van der Waals surface area contributed by atoms with Crippen LogP contribution in [0.2, 0.25) is 0 Å². The van der Waals surface area contributed by atoms with Crippen LogP contribution in [-0.2, 0) is 4.79 Å². The minimum absolute atomic E-state index is 0.0578.